The van der Waals surface area contributed by atoms with Crippen molar-refractivity contribution in [1.82, 2.24) is 0 Å². The van der Waals surface area contributed by atoms with E-state index in [2.05, 4.69) is 47.6 Å². The second kappa shape index (κ2) is 20.2. The minimum Gasteiger partial charge on any atom is -0.479 e. The minimum absolute atomic E-state index is 0.0540. The van der Waals surface area contributed by atoms with E-state index >= 15 is 0 Å². The van der Waals surface area contributed by atoms with Gasteiger partial charge < -0.3 is 104 Å². The van der Waals surface area contributed by atoms with Gasteiger partial charge in [-0.2, -0.15) is 0 Å². The molecule has 4 heterocycles. The fourth-order valence-electron chi connectivity index (χ4n) is 16.1. The maximum Gasteiger partial charge on any atom is 0.335 e. The quantitative estimate of drug-likeness (QED) is 0.0901. The Labute approximate surface area is 431 Å². The maximum absolute atomic E-state index is 12.5. The SMILES string of the molecule is C[C@@H]1O[C@@H](O[C@H]2[C@H](O[C@H]3[C@H](O[C@H]4CC[C@]5(C)[C@H]6CC=C7[C@@H]8C[C@](C)(CO)[C@@H](O)[C@@H](O[C@@H]9OC[C@H](O)[C@H](O)[C@H]9O)[C@]8(C)CC[C@@]7(C)[C@]6(C)CC[C@H]5C4(C)C)O[C@H](C(=O)O)[C@@H](O)[C@@H]3O)OC[C@H](O)[C@@H]2O)[C@H](O)[C@H](O)[C@H]1O. The van der Waals surface area contributed by atoms with Gasteiger partial charge in [-0.15, -0.1) is 0 Å². The Bertz CT molecular complexity index is 2060. The number of aliphatic hydroxyl groups excluding tert-OH is 12. The number of carboxylic acids is 1. The summed E-state index contributed by atoms with van der Waals surface area (Å²) in [6, 6.07) is 0. The molecule has 0 aromatic heterocycles. The molecule has 5 aliphatic carbocycles. The zero-order valence-electron chi connectivity index (χ0n) is 43.7. The molecule has 8 fully saturated rings. The summed E-state index contributed by atoms with van der Waals surface area (Å²) in [5.74, 6) is -1.45. The van der Waals surface area contributed by atoms with E-state index < -0.39 is 158 Å². The zero-order valence-corrected chi connectivity index (χ0v) is 43.7. The molecule has 4 aliphatic heterocycles. The molecule has 22 nitrogen and oxygen atoms in total. The lowest BCUT2D eigenvalue weighted by Gasteiger charge is -2.72. The van der Waals surface area contributed by atoms with E-state index in [-0.39, 0.29) is 47.2 Å². The number of aliphatic hydroxyl groups is 12. The van der Waals surface area contributed by atoms with Gasteiger partial charge in [0.05, 0.1) is 44.2 Å². The fourth-order valence-corrected chi connectivity index (χ4v) is 16.1. The average Bonchev–Trinajstić information content (AvgIpc) is 3.34. The van der Waals surface area contributed by atoms with Crippen molar-refractivity contribution in [2.24, 2.45) is 50.2 Å². The number of rotatable bonds is 10. The van der Waals surface area contributed by atoms with Crippen molar-refractivity contribution < 1.29 is 109 Å². The zero-order chi connectivity index (χ0) is 54.2. The van der Waals surface area contributed by atoms with Crippen LogP contribution >= 0.6 is 0 Å². The Morgan fingerprint density at radius 3 is 1.91 bits per heavy atom. The average molecular weight is 1060 g/mol. The molecule has 22 heteroatoms. The first kappa shape index (κ1) is 57.1. The standard InChI is InChI=1S/C52H84O22/c1-21-29(56)32(59)36(63)44(69-21)72-38-31(58)25(55)19-68-45(38)73-39-34(61)33(60)37(42(65)66)71-46(39)70-28-12-13-50(6)26(47(28,2)3)11-14-52(8)27(50)10-9-22-23-17-48(4,20-53)40(64)41(49(23,5)15-16-51(22,52)7)74-43-35(62)30(57)24(54)18-67-43/h9,21,23-41,43-46,53-64H,10-20H2,1-8H3,(H,65,66)/t21-,23-,24-,25-,26-,27+,28-,29-,30-,31-,32+,33-,34-,35+,36+,37-,38+,39+,40-,41+,43-,44-,45-,46+,48+,49+,50-,51+,52+/m0/s1. The molecule has 4 saturated carbocycles. The Morgan fingerprint density at radius 2 is 1.24 bits per heavy atom. The predicted molar refractivity (Wildman–Crippen MR) is 253 cm³/mol. The molecule has 0 amide bonds. The Kier molecular flexibility index (Phi) is 15.6. The first-order valence-electron chi connectivity index (χ1n) is 26.7. The van der Waals surface area contributed by atoms with E-state index in [1.807, 2.05) is 6.92 Å². The van der Waals surface area contributed by atoms with Crippen LogP contribution in [0.3, 0.4) is 0 Å². The Balaban J connectivity index is 0.966. The first-order valence-corrected chi connectivity index (χ1v) is 26.7. The largest absolute Gasteiger partial charge is 0.479 e. The Hall–Kier alpha value is -1.59. The molecule has 13 N–H and O–H groups in total. The van der Waals surface area contributed by atoms with Gasteiger partial charge in [0.1, 0.15) is 73.2 Å². The normalized spacial score (nSPS) is 56.5. The van der Waals surface area contributed by atoms with E-state index in [1.165, 1.54) is 12.5 Å². The summed E-state index contributed by atoms with van der Waals surface area (Å²) in [4.78, 5) is 12.5. The third-order valence-electron chi connectivity index (χ3n) is 21.1. The van der Waals surface area contributed by atoms with Gasteiger partial charge in [0, 0.05) is 10.8 Å². The molecule has 4 saturated heterocycles. The topological polar surface area (TPSA) is 354 Å². The van der Waals surface area contributed by atoms with Crippen molar-refractivity contribution in [1.29, 1.82) is 0 Å². The van der Waals surface area contributed by atoms with E-state index in [9.17, 15) is 71.2 Å². The first-order chi connectivity index (χ1) is 34.5. The van der Waals surface area contributed by atoms with Crippen molar-refractivity contribution >= 4 is 5.97 Å². The third-order valence-corrected chi connectivity index (χ3v) is 21.1. The summed E-state index contributed by atoms with van der Waals surface area (Å²) in [5, 5.41) is 141. The number of hydrogen-bond acceptors (Lipinski definition) is 21. The summed E-state index contributed by atoms with van der Waals surface area (Å²) in [7, 11) is 0. The molecule has 0 unspecified atom stereocenters. The van der Waals surface area contributed by atoms with Crippen molar-refractivity contribution in [3.63, 3.8) is 0 Å². The second-order valence-electron chi connectivity index (χ2n) is 25.5. The van der Waals surface area contributed by atoms with Crippen LogP contribution in [-0.2, 0) is 42.7 Å². The highest BCUT2D eigenvalue weighted by atomic mass is 16.8. The number of hydrogen-bond donors (Lipinski definition) is 13. The van der Waals surface area contributed by atoms with Gasteiger partial charge in [-0.05, 0) is 97.7 Å². The molecule has 29 atom stereocenters. The molecule has 9 rings (SSSR count). The fraction of sp³-hybridized carbons (Fsp3) is 0.942. The van der Waals surface area contributed by atoms with Crippen molar-refractivity contribution in [3.8, 4) is 0 Å². The highest BCUT2D eigenvalue weighted by Gasteiger charge is 2.71. The van der Waals surface area contributed by atoms with Crippen LogP contribution in [0.25, 0.3) is 0 Å². The number of fused-ring (bicyclic) bond motifs is 7. The van der Waals surface area contributed by atoms with Gasteiger partial charge in [-0.3, -0.25) is 0 Å². The van der Waals surface area contributed by atoms with Crippen LogP contribution in [0.1, 0.15) is 107 Å². The molecule has 74 heavy (non-hydrogen) atoms. The van der Waals surface area contributed by atoms with Crippen LogP contribution in [0.4, 0.5) is 0 Å². The highest BCUT2D eigenvalue weighted by molar-refractivity contribution is 5.73. The van der Waals surface area contributed by atoms with Crippen molar-refractivity contribution in [2.75, 3.05) is 19.8 Å². The van der Waals surface area contributed by atoms with Gasteiger partial charge in [0.2, 0.25) is 0 Å². The van der Waals surface area contributed by atoms with E-state index in [0.717, 1.165) is 25.7 Å². The van der Waals surface area contributed by atoms with Crippen LogP contribution in [0, 0.1) is 50.2 Å². The number of aliphatic carboxylic acids is 1. The molecular formula is C52H84O22. The van der Waals surface area contributed by atoms with Crippen molar-refractivity contribution in [2.45, 2.75) is 236 Å². The molecule has 0 spiro atoms. The molecule has 9 aliphatic rings. The lowest BCUT2D eigenvalue weighted by Crippen LogP contribution is -2.69. The molecule has 0 aromatic carbocycles. The monoisotopic (exact) mass is 1060 g/mol. The highest BCUT2D eigenvalue weighted by Crippen LogP contribution is 2.76. The summed E-state index contributed by atoms with van der Waals surface area (Å²) in [6.45, 7) is 15.7. The van der Waals surface area contributed by atoms with Crippen LogP contribution in [0.2, 0.25) is 0 Å². The molecule has 0 radical (unpaired) electrons. The van der Waals surface area contributed by atoms with Gasteiger partial charge in [0.25, 0.3) is 0 Å². The summed E-state index contributed by atoms with van der Waals surface area (Å²) in [5.41, 5.74) is -1.76. The number of allylic oxidation sites excluding steroid dienone is 2. The molecule has 0 aromatic rings. The minimum atomic E-state index is -2.02. The van der Waals surface area contributed by atoms with Crippen molar-refractivity contribution in [3.05, 3.63) is 11.6 Å². The van der Waals surface area contributed by atoms with Crippen LogP contribution in [0.15, 0.2) is 11.6 Å². The number of ether oxygens (including phenoxy) is 8. The lowest BCUT2D eigenvalue weighted by atomic mass is 9.33. The van der Waals surface area contributed by atoms with E-state index in [4.69, 9.17) is 37.9 Å². The molecular weight excluding hydrogens is 977 g/mol. The van der Waals surface area contributed by atoms with Gasteiger partial charge in [0.15, 0.2) is 31.3 Å². The van der Waals surface area contributed by atoms with Crippen LogP contribution in [0.5, 0.6) is 0 Å². The van der Waals surface area contributed by atoms with Crippen LogP contribution < -0.4 is 0 Å². The Morgan fingerprint density at radius 1 is 0.622 bits per heavy atom. The lowest BCUT2D eigenvalue weighted by molar-refractivity contribution is -0.386. The van der Waals surface area contributed by atoms with Gasteiger partial charge >= 0.3 is 5.97 Å². The summed E-state index contributed by atoms with van der Waals surface area (Å²) < 4.78 is 48.5. The van der Waals surface area contributed by atoms with Crippen LogP contribution in [-0.4, -0.2) is 221 Å². The van der Waals surface area contributed by atoms with E-state index in [0.29, 0.717) is 25.7 Å². The van der Waals surface area contributed by atoms with E-state index in [1.54, 1.807) is 0 Å². The van der Waals surface area contributed by atoms with Gasteiger partial charge in [-0.25, -0.2) is 4.79 Å². The number of carbonyl (C=O) groups is 1. The van der Waals surface area contributed by atoms with Gasteiger partial charge in [-0.1, -0.05) is 60.1 Å². The number of carboxylic acid groups (broad SMARTS) is 1. The summed E-state index contributed by atoms with van der Waals surface area (Å²) >= 11 is 0. The third kappa shape index (κ3) is 8.88. The predicted octanol–water partition coefficient (Wildman–Crippen LogP) is -1.22. The second-order valence-corrected chi connectivity index (χ2v) is 25.5. The molecule has 0 bridgehead atoms. The summed E-state index contributed by atoms with van der Waals surface area (Å²) in [6.07, 6.45) is -24.0. The molecule has 424 valence electrons. The maximum atomic E-state index is 12.5. The smallest absolute Gasteiger partial charge is 0.335 e.